The molecule has 6 heteroatoms. The first-order valence-electron chi connectivity index (χ1n) is 10.3. The maximum Gasteiger partial charge on any atom is 0.201 e. The van der Waals surface area contributed by atoms with E-state index in [9.17, 15) is 4.39 Å². The van der Waals surface area contributed by atoms with Gasteiger partial charge in [-0.1, -0.05) is 50.6 Å². The van der Waals surface area contributed by atoms with Crippen LogP contribution in [0, 0.1) is 6.92 Å². The molecule has 0 saturated heterocycles. The van der Waals surface area contributed by atoms with Crippen molar-refractivity contribution in [2.45, 2.75) is 40.0 Å². The molecule has 162 valence electrons. The number of hydrogen-bond donors (Lipinski definition) is 3. The number of hydrogen-bond acceptors (Lipinski definition) is 5. The Morgan fingerprint density at radius 1 is 1.10 bits per heavy atom. The molecule has 2 aromatic carbocycles. The molecule has 0 aromatic heterocycles. The zero-order valence-electron chi connectivity index (χ0n) is 18.6. The van der Waals surface area contributed by atoms with Crippen LogP contribution in [0.2, 0.25) is 0 Å². The Bertz CT molecular complexity index is 858. The van der Waals surface area contributed by atoms with E-state index in [1.54, 1.807) is 7.11 Å². The third kappa shape index (κ3) is 7.52. The van der Waals surface area contributed by atoms with Crippen molar-refractivity contribution in [2.24, 2.45) is 4.99 Å². The van der Waals surface area contributed by atoms with Gasteiger partial charge in [0.1, 0.15) is 5.82 Å². The van der Waals surface area contributed by atoms with E-state index in [-0.39, 0.29) is 12.4 Å². The van der Waals surface area contributed by atoms with Crippen LogP contribution in [0.15, 0.2) is 65.2 Å². The molecule has 0 amide bonds. The summed E-state index contributed by atoms with van der Waals surface area (Å²) in [6, 6.07) is 16.0. The van der Waals surface area contributed by atoms with Gasteiger partial charge < -0.3 is 20.7 Å². The highest BCUT2D eigenvalue weighted by molar-refractivity contribution is 5.95. The molecule has 0 fully saturated rings. The Kier molecular flexibility index (Phi) is 9.35. The van der Waals surface area contributed by atoms with E-state index >= 15 is 0 Å². The van der Waals surface area contributed by atoms with E-state index in [0.717, 1.165) is 24.4 Å². The van der Waals surface area contributed by atoms with E-state index < -0.39 is 0 Å². The van der Waals surface area contributed by atoms with Gasteiger partial charge in [0.05, 0.1) is 6.54 Å². The Morgan fingerprint density at radius 3 is 2.43 bits per heavy atom. The number of methoxy groups -OCH3 is 1. The smallest absolute Gasteiger partial charge is 0.201 e. The van der Waals surface area contributed by atoms with Crippen molar-refractivity contribution in [1.29, 1.82) is 0 Å². The molecule has 0 aliphatic carbocycles. The second kappa shape index (κ2) is 12.0. The summed E-state index contributed by atoms with van der Waals surface area (Å²) in [6.45, 7) is 9.28. The van der Waals surface area contributed by atoms with E-state index in [2.05, 4.69) is 47.8 Å². The van der Waals surface area contributed by atoms with Crippen LogP contribution in [0.25, 0.3) is 0 Å². The number of nitrogens with zero attached hydrogens (tertiary/aromatic N) is 1. The monoisotopic (exact) mass is 412 g/mol. The SMILES string of the molecule is CCCOC.Cc1ccc(NC2=NCC(F)=C(Nc3cccc(C(C)C)c3)N2)cc1. The van der Waals surface area contributed by atoms with Gasteiger partial charge in [0.2, 0.25) is 5.96 Å². The third-order valence-corrected chi connectivity index (χ3v) is 4.44. The highest BCUT2D eigenvalue weighted by Crippen LogP contribution is 2.21. The summed E-state index contributed by atoms with van der Waals surface area (Å²) in [5, 5.41) is 9.29. The number of halogens is 1. The highest BCUT2D eigenvalue weighted by Gasteiger charge is 2.15. The van der Waals surface area contributed by atoms with Gasteiger partial charge in [-0.15, -0.1) is 0 Å². The summed E-state index contributed by atoms with van der Waals surface area (Å²) in [4.78, 5) is 4.19. The summed E-state index contributed by atoms with van der Waals surface area (Å²) >= 11 is 0. The standard InChI is InChI=1S/C20H23FN4.C4H10O/c1-13(2)15-5-4-6-17(11-15)23-19-18(21)12-22-20(25-19)24-16-9-7-14(3)8-10-16;1-3-4-5-2/h4-11,13,23H,12H2,1-3H3,(H2,22,24,25);3-4H2,1-2H3. The second-order valence-electron chi connectivity index (χ2n) is 7.46. The molecule has 0 unspecified atom stereocenters. The number of anilines is 2. The molecule has 5 nitrogen and oxygen atoms in total. The van der Waals surface area contributed by atoms with Crippen molar-refractivity contribution in [1.82, 2.24) is 5.32 Å². The van der Waals surface area contributed by atoms with Crippen molar-refractivity contribution >= 4 is 17.3 Å². The molecule has 2 aromatic rings. The number of nitrogens with one attached hydrogen (secondary N) is 3. The molecule has 0 spiro atoms. The van der Waals surface area contributed by atoms with Crippen LogP contribution in [0.1, 0.15) is 44.2 Å². The van der Waals surface area contributed by atoms with Gasteiger partial charge in [-0.05, 0) is 49.1 Å². The number of aryl methyl sites for hydroxylation is 1. The first-order valence-corrected chi connectivity index (χ1v) is 10.3. The Balaban J connectivity index is 0.000000575. The minimum atomic E-state index is -0.315. The fourth-order valence-electron chi connectivity index (χ4n) is 2.72. The van der Waals surface area contributed by atoms with E-state index in [1.165, 1.54) is 11.1 Å². The van der Waals surface area contributed by atoms with Gasteiger partial charge in [-0.2, -0.15) is 0 Å². The van der Waals surface area contributed by atoms with Gasteiger partial charge in [0.25, 0.3) is 0 Å². The lowest BCUT2D eigenvalue weighted by molar-refractivity contribution is 0.199. The summed E-state index contributed by atoms with van der Waals surface area (Å²) in [5.74, 6) is 0.947. The lowest BCUT2D eigenvalue weighted by Gasteiger charge is -2.21. The zero-order chi connectivity index (χ0) is 21.9. The average molecular weight is 413 g/mol. The predicted molar refractivity (Wildman–Crippen MR) is 125 cm³/mol. The largest absolute Gasteiger partial charge is 0.385 e. The van der Waals surface area contributed by atoms with Crippen LogP contribution in [0.3, 0.4) is 0 Å². The minimum Gasteiger partial charge on any atom is -0.385 e. The average Bonchev–Trinajstić information content (AvgIpc) is 2.73. The number of rotatable bonds is 6. The number of ether oxygens (including phenoxy) is 1. The van der Waals surface area contributed by atoms with Crippen molar-refractivity contribution in [3.8, 4) is 0 Å². The van der Waals surface area contributed by atoms with Gasteiger partial charge in [0.15, 0.2) is 5.83 Å². The topological polar surface area (TPSA) is 57.7 Å². The summed E-state index contributed by atoms with van der Waals surface area (Å²) in [6.07, 6.45) is 1.12. The molecule has 30 heavy (non-hydrogen) atoms. The Hall–Kier alpha value is -2.86. The van der Waals surface area contributed by atoms with Gasteiger partial charge in [-0.25, -0.2) is 9.38 Å². The van der Waals surface area contributed by atoms with Crippen LogP contribution in [-0.4, -0.2) is 26.2 Å². The van der Waals surface area contributed by atoms with Crippen molar-refractivity contribution in [3.63, 3.8) is 0 Å². The van der Waals surface area contributed by atoms with Gasteiger partial charge in [-0.3, -0.25) is 0 Å². The van der Waals surface area contributed by atoms with Crippen LogP contribution in [-0.2, 0) is 4.74 Å². The quantitative estimate of drug-likeness (QED) is 0.563. The Morgan fingerprint density at radius 2 is 1.83 bits per heavy atom. The lowest BCUT2D eigenvalue weighted by Crippen LogP contribution is -2.36. The molecule has 0 atom stereocenters. The third-order valence-electron chi connectivity index (χ3n) is 4.44. The fraction of sp³-hybridized carbons (Fsp3) is 0.375. The normalized spacial score (nSPS) is 13.2. The molecule has 3 N–H and O–H groups in total. The molecule has 0 bridgehead atoms. The maximum absolute atomic E-state index is 14.2. The number of aliphatic imine (C=N–C) groups is 1. The molecule has 0 saturated carbocycles. The molecule has 3 rings (SSSR count). The fourth-order valence-corrected chi connectivity index (χ4v) is 2.72. The summed E-state index contributed by atoms with van der Waals surface area (Å²) < 4.78 is 18.9. The number of benzene rings is 2. The molecular weight excluding hydrogens is 379 g/mol. The highest BCUT2D eigenvalue weighted by atomic mass is 19.1. The summed E-state index contributed by atoms with van der Waals surface area (Å²) in [5.41, 5.74) is 4.14. The predicted octanol–water partition coefficient (Wildman–Crippen LogP) is 5.78. The van der Waals surface area contributed by atoms with E-state index in [0.29, 0.717) is 17.7 Å². The van der Waals surface area contributed by atoms with Crippen LogP contribution in [0.4, 0.5) is 15.8 Å². The van der Waals surface area contributed by atoms with Crippen LogP contribution in [0.5, 0.6) is 0 Å². The van der Waals surface area contributed by atoms with Crippen LogP contribution >= 0.6 is 0 Å². The minimum absolute atomic E-state index is 0.00734. The second-order valence-corrected chi connectivity index (χ2v) is 7.46. The first kappa shape index (κ1) is 23.4. The Labute approximate surface area is 179 Å². The molecular formula is C24H33FN4O. The zero-order valence-corrected chi connectivity index (χ0v) is 18.6. The molecule has 1 heterocycles. The van der Waals surface area contributed by atoms with E-state index in [4.69, 9.17) is 4.74 Å². The van der Waals surface area contributed by atoms with E-state index in [1.807, 2.05) is 49.4 Å². The lowest BCUT2D eigenvalue weighted by atomic mass is 10.0. The van der Waals surface area contributed by atoms with Crippen molar-refractivity contribution in [3.05, 3.63) is 71.3 Å². The number of guanidine groups is 1. The molecule has 1 aliphatic heterocycles. The summed E-state index contributed by atoms with van der Waals surface area (Å²) in [7, 11) is 1.71. The molecule has 1 aliphatic rings. The van der Waals surface area contributed by atoms with Gasteiger partial charge >= 0.3 is 0 Å². The van der Waals surface area contributed by atoms with Crippen molar-refractivity contribution < 1.29 is 9.13 Å². The van der Waals surface area contributed by atoms with Gasteiger partial charge in [0, 0.05) is 25.1 Å². The maximum atomic E-state index is 14.2. The van der Waals surface area contributed by atoms with Crippen LogP contribution < -0.4 is 16.0 Å². The molecule has 0 radical (unpaired) electrons. The first-order chi connectivity index (χ1) is 14.4. The van der Waals surface area contributed by atoms with Crippen molar-refractivity contribution in [2.75, 3.05) is 30.9 Å².